The van der Waals surface area contributed by atoms with Crippen LogP contribution in [-0.2, 0) is 11.4 Å². The van der Waals surface area contributed by atoms with Crippen molar-refractivity contribution in [3.63, 3.8) is 0 Å². The zero-order valence-corrected chi connectivity index (χ0v) is 17.1. The second-order valence-corrected chi connectivity index (χ2v) is 7.73. The Bertz CT molecular complexity index is 1120. The van der Waals surface area contributed by atoms with E-state index in [1.165, 1.54) is 23.5 Å². The van der Waals surface area contributed by atoms with Crippen LogP contribution < -0.4 is 10.1 Å². The number of ether oxygens (including phenoxy) is 1. The van der Waals surface area contributed by atoms with Crippen molar-refractivity contribution >= 4 is 34.1 Å². The molecule has 0 spiro atoms. The van der Waals surface area contributed by atoms with Crippen LogP contribution >= 0.6 is 23.1 Å². The third kappa shape index (κ3) is 5.43. The lowest BCUT2D eigenvalue weighted by molar-refractivity contribution is -0.113. The molecule has 0 fully saturated rings. The third-order valence-electron chi connectivity index (χ3n) is 3.77. The summed E-state index contributed by atoms with van der Waals surface area (Å²) in [6.07, 6.45) is 0. The van der Waals surface area contributed by atoms with Crippen LogP contribution in [-0.4, -0.2) is 26.8 Å². The number of hydrogen-bond donors (Lipinski definition) is 1. The number of nitrogens with zero attached hydrogens (tertiary/aromatic N) is 3. The quantitative estimate of drug-likeness (QED) is 0.398. The van der Waals surface area contributed by atoms with Gasteiger partial charge in [-0.3, -0.25) is 4.79 Å². The van der Waals surface area contributed by atoms with Gasteiger partial charge in [-0.2, -0.15) is 0 Å². The number of carbonyl (C=O) groups is 1. The first-order valence-electron chi connectivity index (χ1n) is 8.80. The van der Waals surface area contributed by atoms with Gasteiger partial charge in [-0.1, -0.05) is 30.0 Å². The van der Waals surface area contributed by atoms with Gasteiger partial charge in [-0.05, 0) is 36.4 Å². The van der Waals surface area contributed by atoms with Crippen LogP contribution in [0, 0.1) is 5.82 Å². The second-order valence-electron chi connectivity index (χ2n) is 5.95. The molecule has 2 aromatic carbocycles. The molecule has 0 aliphatic heterocycles. The average molecular weight is 442 g/mol. The number of amides is 1. The van der Waals surface area contributed by atoms with Gasteiger partial charge in [0.2, 0.25) is 5.91 Å². The number of para-hydroxylation sites is 1. The van der Waals surface area contributed by atoms with E-state index >= 15 is 0 Å². The van der Waals surface area contributed by atoms with Gasteiger partial charge < -0.3 is 14.5 Å². The molecular weight excluding hydrogens is 427 g/mol. The average Bonchev–Trinajstić information content (AvgIpc) is 3.42. The highest BCUT2D eigenvalue weighted by molar-refractivity contribution is 7.99. The minimum atomic E-state index is -0.310. The van der Waals surface area contributed by atoms with Crippen LogP contribution in [0.3, 0.4) is 0 Å². The Labute approximate surface area is 179 Å². The van der Waals surface area contributed by atoms with E-state index in [0.29, 0.717) is 22.5 Å². The number of benzene rings is 2. The SMILES string of the molecule is O=C(CSc1nnc(COc2ccccc2)o1)Nc1nc(-c2ccc(F)cc2)cs1. The van der Waals surface area contributed by atoms with Crippen LogP contribution in [0.5, 0.6) is 5.75 Å². The van der Waals surface area contributed by atoms with Gasteiger partial charge in [0.1, 0.15) is 11.6 Å². The minimum absolute atomic E-state index is 0.0899. The molecule has 1 amide bonds. The largest absolute Gasteiger partial charge is 0.484 e. The van der Waals surface area contributed by atoms with E-state index in [1.54, 1.807) is 17.5 Å². The molecule has 7 nitrogen and oxygen atoms in total. The van der Waals surface area contributed by atoms with Gasteiger partial charge in [-0.25, -0.2) is 9.37 Å². The summed E-state index contributed by atoms with van der Waals surface area (Å²) >= 11 is 2.42. The number of aromatic nitrogens is 3. The summed E-state index contributed by atoms with van der Waals surface area (Å²) in [7, 11) is 0. The van der Waals surface area contributed by atoms with E-state index in [9.17, 15) is 9.18 Å². The molecule has 0 atom stereocenters. The molecule has 0 unspecified atom stereocenters. The molecule has 0 saturated heterocycles. The zero-order valence-electron chi connectivity index (χ0n) is 15.4. The number of hydrogen-bond acceptors (Lipinski definition) is 8. The van der Waals surface area contributed by atoms with Gasteiger partial charge in [0.05, 0.1) is 11.4 Å². The summed E-state index contributed by atoms with van der Waals surface area (Å²) in [5.74, 6) is 0.557. The molecule has 10 heteroatoms. The molecule has 2 heterocycles. The van der Waals surface area contributed by atoms with Crippen molar-refractivity contribution in [3.05, 3.63) is 71.7 Å². The number of halogens is 1. The first kappa shape index (κ1) is 20.0. The summed E-state index contributed by atoms with van der Waals surface area (Å²) in [5, 5.41) is 13.1. The maximum atomic E-state index is 13.0. The second kappa shape index (κ2) is 9.51. The highest BCUT2D eigenvalue weighted by atomic mass is 32.2. The first-order chi connectivity index (χ1) is 14.7. The first-order valence-corrected chi connectivity index (χ1v) is 10.7. The Kier molecular flexibility index (Phi) is 6.35. The maximum absolute atomic E-state index is 13.0. The molecule has 1 N–H and O–H groups in total. The number of rotatable bonds is 8. The highest BCUT2D eigenvalue weighted by Crippen LogP contribution is 2.25. The van der Waals surface area contributed by atoms with E-state index in [2.05, 4.69) is 20.5 Å². The van der Waals surface area contributed by atoms with E-state index in [0.717, 1.165) is 17.3 Å². The molecule has 2 aromatic heterocycles. The third-order valence-corrected chi connectivity index (χ3v) is 5.35. The lowest BCUT2D eigenvalue weighted by atomic mass is 10.2. The molecule has 0 bridgehead atoms. The number of anilines is 1. The Morgan fingerprint density at radius 3 is 2.73 bits per heavy atom. The van der Waals surface area contributed by atoms with E-state index in [4.69, 9.17) is 9.15 Å². The van der Waals surface area contributed by atoms with Gasteiger partial charge in [0.15, 0.2) is 11.7 Å². The number of nitrogens with one attached hydrogen (secondary N) is 1. The molecule has 30 heavy (non-hydrogen) atoms. The molecule has 152 valence electrons. The van der Waals surface area contributed by atoms with Gasteiger partial charge in [0.25, 0.3) is 11.1 Å². The summed E-state index contributed by atoms with van der Waals surface area (Å²) in [5.41, 5.74) is 1.45. The van der Waals surface area contributed by atoms with Crippen molar-refractivity contribution in [2.45, 2.75) is 11.8 Å². The van der Waals surface area contributed by atoms with Gasteiger partial charge in [-0.15, -0.1) is 21.5 Å². The lowest BCUT2D eigenvalue weighted by Crippen LogP contribution is -2.13. The van der Waals surface area contributed by atoms with Crippen molar-refractivity contribution < 1.29 is 18.3 Å². The smallest absolute Gasteiger partial charge is 0.277 e. The monoisotopic (exact) mass is 442 g/mol. The van der Waals surface area contributed by atoms with Crippen molar-refractivity contribution in [2.75, 3.05) is 11.1 Å². The zero-order chi connectivity index (χ0) is 20.8. The lowest BCUT2D eigenvalue weighted by Gasteiger charge is -2.01. The predicted octanol–water partition coefficient (Wildman–Crippen LogP) is 4.64. The fraction of sp³-hybridized carbons (Fsp3) is 0.100. The number of thiazole rings is 1. The van der Waals surface area contributed by atoms with Gasteiger partial charge >= 0.3 is 0 Å². The van der Waals surface area contributed by atoms with Crippen LogP contribution in [0.2, 0.25) is 0 Å². The topological polar surface area (TPSA) is 90.1 Å². The Morgan fingerprint density at radius 1 is 1.13 bits per heavy atom. The predicted molar refractivity (Wildman–Crippen MR) is 112 cm³/mol. The van der Waals surface area contributed by atoms with Crippen molar-refractivity contribution in [1.29, 1.82) is 0 Å². The summed E-state index contributed by atoms with van der Waals surface area (Å²) < 4.78 is 24.0. The van der Waals surface area contributed by atoms with Crippen molar-refractivity contribution in [2.24, 2.45) is 0 Å². The molecule has 4 aromatic rings. The summed E-state index contributed by atoms with van der Waals surface area (Å²) in [4.78, 5) is 16.5. The Balaban J connectivity index is 1.25. The molecule has 0 radical (unpaired) electrons. The van der Waals surface area contributed by atoms with Crippen LogP contribution in [0.4, 0.5) is 9.52 Å². The summed E-state index contributed by atoms with van der Waals surface area (Å²) in [6.45, 7) is 0.148. The Hall–Kier alpha value is -3.24. The van der Waals surface area contributed by atoms with Crippen LogP contribution in [0.1, 0.15) is 5.89 Å². The van der Waals surface area contributed by atoms with E-state index in [-0.39, 0.29) is 29.3 Å². The molecular formula is C20H15FN4O3S2. The van der Waals surface area contributed by atoms with Crippen LogP contribution in [0.15, 0.2) is 69.6 Å². The normalized spacial score (nSPS) is 10.7. The standard InChI is InChI=1S/C20H15FN4O3S2/c21-14-8-6-13(7-9-14)16-11-29-19(22-16)23-17(26)12-30-20-25-24-18(28-20)10-27-15-4-2-1-3-5-15/h1-9,11H,10,12H2,(H,22,23,26). The van der Waals surface area contributed by atoms with Crippen molar-refractivity contribution in [3.8, 4) is 17.0 Å². The molecule has 0 aliphatic rings. The summed E-state index contributed by atoms with van der Waals surface area (Å²) in [6, 6.07) is 15.3. The number of thioether (sulfide) groups is 1. The highest BCUT2D eigenvalue weighted by Gasteiger charge is 2.12. The molecule has 0 aliphatic carbocycles. The Morgan fingerprint density at radius 2 is 1.93 bits per heavy atom. The van der Waals surface area contributed by atoms with Crippen LogP contribution in [0.25, 0.3) is 11.3 Å². The fourth-order valence-corrected chi connectivity index (χ4v) is 3.70. The van der Waals surface area contributed by atoms with Crippen molar-refractivity contribution in [1.82, 2.24) is 15.2 Å². The molecule has 4 rings (SSSR count). The fourth-order valence-electron chi connectivity index (χ4n) is 2.38. The van der Waals surface area contributed by atoms with Gasteiger partial charge in [0, 0.05) is 10.9 Å². The maximum Gasteiger partial charge on any atom is 0.277 e. The minimum Gasteiger partial charge on any atom is -0.484 e. The number of carbonyl (C=O) groups excluding carboxylic acids is 1. The van der Waals surface area contributed by atoms with E-state index in [1.807, 2.05) is 30.3 Å². The molecule has 0 saturated carbocycles. The van der Waals surface area contributed by atoms with E-state index < -0.39 is 0 Å².